The number of aromatic nitrogens is 1. The number of carbonyl (C=O) groups is 2. The number of carbonyl (C=O) groups excluding carboxylic acids is 2. The summed E-state index contributed by atoms with van der Waals surface area (Å²) < 4.78 is 10.6. The lowest BCUT2D eigenvalue weighted by Gasteiger charge is -1.95. The van der Waals surface area contributed by atoms with Crippen molar-refractivity contribution in [1.82, 2.24) is 4.57 Å². The van der Waals surface area contributed by atoms with Crippen LogP contribution in [0.5, 0.6) is 0 Å². The number of hydrogen-bond donors (Lipinski definition) is 0. The molecule has 0 N–H and O–H groups in total. The Kier molecular flexibility index (Phi) is 9.91. The Balaban J connectivity index is 0.000000312. The van der Waals surface area contributed by atoms with Crippen molar-refractivity contribution in [1.29, 1.82) is 0 Å². The highest BCUT2D eigenvalue weighted by atomic mass is 16.5. The molecule has 0 saturated carbocycles. The van der Waals surface area contributed by atoms with Crippen LogP contribution in [0.2, 0.25) is 0 Å². The van der Waals surface area contributed by atoms with Gasteiger partial charge in [0, 0.05) is 26.4 Å². The van der Waals surface area contributed by atoms with Gasteiger partial charge >= 0.3 is 11.9 Å². The monoisotopic (exact) mass is 291 g/mol. The Morgan fingerprint density at radius 2 is 1.38 bits per heavy atom. The lowest BCUT2D eigenvalue weighted by atomic mass is 10.2. The molecule has 0 amide bonds. The second-order valence-corrected chi connectivity index (χ2v) is 3.90. The third-order valence-corrected chi connectivity index (χ3v) is 2.24. The smallest absolute Gasteiger partial charge is 0.337 e. The first-order valence-electron chi connectivity index (χ1n) is 6.26. The molecule has 2 aromatic rings. The van der Waals surface area contributed by atoms with Gasteiger partial charge in [-0.1, -0.05) is 18.2 Å². The number of rotatable bonds is 1. The summed E-state index contributed by atoms with van der Waals surface area (Å²) in [5, 5.41) is 0. The van der Waals surface area contributed by atoms with Crippen LogP contribution in [-0.2, 0) is 21.3 Å². The molecule has 1 aromatic heterocycles. The molecule has 114 valence electrons. The van der Waals surface area contributed by atoms with E-state index >= 15 is 0 Å². The van der Waals surface area contributed by atoms with Crippen LogP contribution in [0.3, 0.4) is 0 Å². The second-order valence-electron chi connectivity index (χ2n) is 3.90. The van der Waals surface area contributed by atoms with Gasteiger partial charge in [-0.05, 0) is 24.3 Å². The van der Waals surface area contributed by atoms with Crippen molar-refractivity contribution < 1.29 is 19.1 Å². The molecule has 0 unspecified atom stereocenters. The van der Waals surface area contributed by atoms with Crippen molar-refractivity contribution in [3.63, 3.8) is 0 Å². The molecule has 0 aliphatic rings. The number of nitrogens with zero attached hydrogens (tertiary/aromatic N) is 1. The van der Waals surface area contributed by atoms with Crippen LogP contribution in [0.1, 0.15) is 17.3 Å². The van der Waals surface area contributed by atoms with Crippen molar-refractivity contribution in [3.8, 4) is 0 Å². The molecule has 0 atom stereocenters. The Hall–Kier alpha value is -2.56. The summed E-state index contributed by atoms with van der Waals surface area (Å²) in [5.74, 6) is -0.536. The van der Waals surface area contributed by atoms with E-state index in [9.17, 15) is 9.59 Å². The normalized spacial score (nSPS) is 8.38. The number of ether oxygens (including phenoxy) is 2. The van der Waals surface area contributed by atoms with E-state index in [1.807, 2.05) is 42.2 Å². The summed E-state index contributed by atoms with van der Waals surface area (Å²) in [5.41, 5.74) is 0.588. The summed E-state index contributed by atoms with van der Waals surface area (Å²) in [7, 11) is 4.72. The maximum atomic E-state index is 10.8. The number of esters is 2. The number of methoxy groups -OCH3 is 2. The van der Waals surface area contributed by atoms with Gasteiger partial charge in [0.25, 0.3) is 0 Å². The first kappa shape index (κ1) is 18.4. The predicted molar refractivity (Wildman–Crippen MR) is 80.9 cm³/mol. The minimum Gasteiger partial charge on any atom is -0.469 e. The molecule has 0 bridgehead atoms. The lowest BCUT2D eigenvalue weighted by Crippen LogP contribution is -1.99. The van der Waals surface area contributed by atoms with Gasteiger partial charge in [0.1, 0.15) is 0 Å². The molecule has 21 heavy (non-hydrogen) atoms. The van der Waals surface area contributed by atoms with Gasteiger partial charge in [-0.3, -0.25) is 4.79 Å². The molecule has 2 rings (SSSR count). The van der Waals surface area contributed by atoms with Gasteiger partial charge in [-0.25, -0.2) is 4.79 Å². The maximum absolute atomic E-state index is 10.8. The summed E-state index contributed by atoms with van der Waals surface area (Å²) in [6, 6.07) is 12.9. The van der Waals surface area contributed by atoms with Crippen molar-refractivity contribution >= 4 is 11.9 Å². The van der Waals surface area contributed by atoms with Crippen molar-refractivity contribution in [2.24, 2.45) is 7.05 Å². The Morgan fingerprint density at radius 3 is 1.67 bits per heavy atom. The van der Waals surface area contributed by atoms with E-state index in [4.69, 9.17) is 0 Å². The highest BCUT2D eigenvalue weighted by molar-refractivity contribution is 5.89. The molecule has 1 heterocycles. The molecule has 5 nitrogen and oxygen atoms in total. The zero-order chi connectivity index (χ0) is 16.1. The van der Waals surface area contributed by atoms with Gasteiger partial charge < -0.3 is 14.0 Å². The van der Waals surface area contributed by atoms with E-state index in [0.29, 0.717) is 5.56 Å². The standard InChI is InChI=1S/C8H8O2.C5H7N.C3H6O2/c1-10-8(9)7-5-3-2-4-6-7;1-6-4-2-3-5-6;1-3(4)5-2/h2-6H,1H3;2-5H,1H3;1-2H3. The van der Waals surface area contributed by atoms with Crippen LogP contribution in [0.4, 0.5) is 0 Å². The van der Waals surface area contributed by atoms with Crippen LogP contribution in [0, 0.1) is 0 Å². The van der Waals surface area contributed by atoms with E-state index < -0.39 is 0 Å². The average Bonchev–Trinajstić information content (AvgIpc) is 2.99. The topological polar surface area (TPSA) is 57.5 Å². The Bertz CT molecular complexity index is 506. The van der Waals surface area contributed by atoms with E-state index in [2.05, 4.69) is 9.47 Å². The zero-order valence-corrected chi connectivity index (χ0v) is 12.8. The van der Waals surface area contributed by atoms with Crippen molar-refractivity contribution in [2.45, 2.75) is 6.92 Å². The van der Waals surface area contributed by atoms with E-state index in [-0.39, 0.29) is 11.9 Å². The van der Waals surface area contributed by atoms with E-state index in [1.54, 1.807) is 24.3 Å². The first-order chi connectivity index (χ1) is 10.0. The largest absolute Gasteiger partial charge is 0.469 e. The summed E-state index contributed by atoms with van der Waals surface area (Å²) in [4.78, 5) is 20.4. The Morgan fingerprint density at radius 1 is 0.905 bits per heavy atom. The summed E-state index contributed by atoms with van der Waals surface area (Å²) >= 11 is 0. The minimum absolute atomic E-state index is 0.245. The molecular formula is C16H21NO4. The molecular weight excluding hydrogens is 270 g/mol. The molecule has 1 aromatic carbocycles. The van der Waals surface area contributed by atoms with Crippen LogP contribution in [0.15, 0.2) is 54.9 Å². The Labute approximate surface area is 125 Å². The fourth-order valence-corrected chi connectivity index (χ4v) is 1.11. The average molecular weight is 291 g/mol. The van der Waals surface area contributed by atoms with Crippen LogP contribution in [-0.4, -0.2) is 30.7 Å². The van der Waals surface area contributed by atoms with E-state index in [0.717, 1.165) is 0 Å². The van der Waals surface area contributed by atoms with Crippen LogP contribution >= 0.6 is 0 Å². The third-order valence-electron chi connectivity index (χ3n) is 2.24. The minimum atomic E-state index is -0.291. The number of hydrogen-bond acceptors (Lipinski definition) is 4. The van der Waals surface area contributed by atoms with Gasteiger partial charge in [-0.2, -0.15) is 0 Å². The number of benzene rings is 1. The highest BCUT2D eigenvalue weighted by Crippen LogP contribution is 1.98. The van der Waals surface area contributed by atoms with Crippen molar-refractivity contribution in [3.05, 3.63) is 60.4 Å². The molecule has 0 aliphatic carbocycles. The predicted octanol–water partition coefficient (Wildman–Crippen LogP) is 2.68. The second kappa shape index (κ2) is 11.3. The zero-order valence-electron chi connectivity index (χ0n) is 12.8. The fourth-order valence-electron chi connectivity index (χ4n) is 1.11. The SMILES string of the molecule is COC(=O)c1ccccc1.COC(C)=O.Cn1cccc1. The lowest BCUT2D eigenvalue weighted by molar-refractivity contribution is -0.137. The molecule has 0 spiro atoms. The first-order valence-corrected chi connectivity index (χ1v) is 6.26. The third kappa shape index (κ3) is 9.95. The maximum Gasteiger partial charge on any atom is 0.337 e. The van der Waals surface area contributed by atoms with Crippen LogP contribution < -0.4 is 0 Å². The number of aryl methyl sites for hydroxylation is 1. The molecule has 0 saturated heterocycles. The fraction of sp³-hybridized carbons (Fsp3) is 0.250. The van der Waals surface area contributed by atoms with Crippen LogP contribution in [0.25, 0.3) is 0 Å². The molecule has 0 radical (unpaired) electrons. The van der Waals surface area contributed by atoms with Gasteiger partial charge in [0.2, 0.25) is 0 Å². The molecule has 0 aliphatic heterocycles. The summed E-state index contributed by atoms with van der Waals surface area (Å²) in [6.07, 6.45) is 4.00. The van der Waals surface area contributed by atoms with E-state index in [1.165, 1.54) is 21.1 Å². The summed E-state index contributed by atoms with van der Waals surface area (Å²) in [6.45, 7) is 1.36. The van der Waals surface area contributed by atoms with Crippen molar-refractivity contribution in [2.75, 3.05) is 14.2 Å². The highest BCUT2D eigenvalue weighted by Gasteiger charge is 2.00. The van der Waals surface area contributed by atoms with Gasteiger partial charge in [0.15, 0.2) is 0 Å². The van der Waals surface area contributed by atoms with Gasteiger partial charge in [-0.15, -0.1) is 0 Å². The quantitative estimate of drug-likeness (QED) is 0.758. The molecule has 0 fully saturated rings. The molecule has 5 heteroatoms. The van der Waals surface area contributed by atoms with Gasteiger partial charge in [0.05, 0.1) is 19.8 Å².